The molecule has 2 amide bonds. The third-order valence-electron chi connectivity index (χ3n) is 5.37. The summed E-state index contributed by atoms with van der Waals surface area (Å²) >= 11 is 6.07. The lowest BCUT2D eigenvalue weighted by Crippen LogP contribution is -2.52. The number of rotatable bonds is 5. The number of anilines is 1. The van der Waals surface area contributed by atoms with E-state index in [1.165, 1.54) is 19.3 Å². The van der Waals surface area contributed by atoms with Gasteiger partial charge >= 0.3 is 11.9 Å². The molecule has 4 atom stereocenters. The minimum absolute atomic E-state index is 0.195. The van der Waals surface area contributed by atoms with Crippen LogP contribution in [-0.4, -0.2) is 48.9 Å². The lowest BCUT2D eigenvalue weighted by molar-refractivity contribution is -0.226. The number of nitrogens with zero attached hydrogens (tertiary/aromatic N) is 1. The van der Waals surface area contributed by atoms with Crippen LogP contribution in [0.1, 0.15) is 13.8 Å². The molecule has 3 heterocycles. The van der Waals surface area contributed by atoms with Gasteiger partial charge in [0.1, 0.15) is 5.75 Å². The van der Waals surface area contributed by atoms with Gasteiger partial charge in [0.15, 0.2) is 5.60 Å². The number of fused-ring (bicyclic) bond motifs is 5. The number of hydrogen-bond acceptors (Lipinski definition) is 8. The summed E-state index contributed by atoms with van der Waals surface area (Å²) in [5.74, 6) is -4.22. The average Bonchev–Trinajstić information content (AvgIpc) is 3.31. The summed E-state index contributed by atoms with van der Waals surface area (Å²) in [6.07, 6.45) is 0.849. The molecular formula is C20H18ClNO8. The van der Waals surface area contributed by atoms with Crippen LogP contribution >= 0.6 is 11.6 Å². The molecule has 3 aliphatic heterocycles. The topological polar surface area (TPSA) is 108 Å². The summed E-state index contributed by atoms with van der Waals surface area (Å²) < 4.78 is 21.5. The van der Waals surface area contributed by atoms with Crippen molar-refractivity contribution in [1.29, 1.82) is 0 Å². The Balaban J connectivity index is 1.78. The normalized spacial score (nSPS) is 28.8. The Bertz CT molecular complexity index is 975. The molecule has 9 nitrogen and oxygen atoms in total. The molecule has 30 heavy (non-hydrogen) atoms. The lowest BCUT2D eigenvalue weighted by Gasteiger charge is -2.34. The summed E-state index contributed by atoms with van der Waals surface area (Å²) in [5, 5.41) is 0.313. The van der Waals surface area contributed by atoms with Crippen molar-refractivity contribution in [3.63, 3.8) is 0 Å². The molecule has 0 saturated carbocycles. The fraction of sp³-hybridized carbons (Fsp3) is 0.400. The van der Waals surface area contributed by atoms with Crippen LogP contribution < -0.4 is 9.64 Å². The molecule has 1 aromatic rings. The molecule has 4 rings (SSSR count). The van der Waals surface area contributed by atoms with E-state index >= 15 is 0 Å². The zero-order valence-corrected chi connectivity index (χ0v) is 17.0. The van der Waals surface area contributed by atoms with E-state index in [0.717, 1.165) is 18.7 Å². The van der Waals surface area contributed by atoms with Gasteiger partial charge in [0.25, 0.3) is 6.29 Å². The number of imide groups is 1. The van der Waals surface area contributed by atoms with Crippen LogP contribution in [0.25, 0.3) is 0 Å². The van der Waals surface area contributed by atoms with Crippen molar-refractivity contribution >= 4 is 41.0 Å². The fourth-order valence-corrected chi connectivity index (χ4v) is 4.46. The monoisotopic (exact) mass is 435 g/mol. The molecule has 2 fully saturated rings. The molecule has 0 aliphatic carbocycles. The van der Waals surface area contributed by atoms with Gasteiger partial charge in [-0.2, -0.15) is 0 Å². The van der Waals surface area contributed by atoms with Gasteiger partial charge < -0.3 is 18.9 Å². The van der Waals surface area contributed by atoms with Crippen molar-refractivity contribution in [3.8, 4) is 5.75 Å². The number of methoxy groups -OCH3 is 1. The molecule has 0 radical (unpaired) electrons. The highest BCUT2D eigenvalue weighted by Crippen LogP contribution is 2.55. The second-order valence-corrected chi connectivity index (χ2v) is 7.61. The number of amides is 2. The second kappa shape index (κ2) is 7.10. The molecular weight excluding hydrogens is 418 g/mol. The Hall–Kier alpha value is -2.91. The molecule has 2 saturated heterocycles. The molecule has 0 spiro atoms. The summed E-state index contributed by atoms with van der Waals surface area (Å²) in [6, 6.07) is 4.57. The van der Waals surface area contributed by atoms with Gasteiger partial charge in [-0.1, -0.05) is 17.7 Å². The maximum Gasteiger partial charge on any atom is 0.305 e. The second-order valence-electron chi connectivity index (χ2n) is 7.18. The van der Waals surface area contributed by atoms with Crippen molar-refractivity contribution in [3.05, 3.63) is 35.4 Å². The zero-order chi connectivity index (χ0) is 21.8. The average molecular weight is 436 g/mol. The maximum atomic E-state index is 13.5. The SMILES string of the molecule is COc1ccc(Cl)cc1N1C(=O)[C@@H]2[C@@H](C1=O)[C@@]1(C(OC(C)=O)OC(C)=O)C=C[C@H]2O1. The zero-order valence-electron chi connectivity index (χ0n) is 16.3. The van der Waals surface area contributed by atoms with Crippen molar-refractivity contribution in [2.75, 3.05) is 12.0 Å². The summed E-state index contributed by atoms with van der Waals surface area (Å²) in [4.78, 5) is 51.0. The molecule has 3 aliphatic rings. The number of hydrogen-bond donors (Lipinski definition) is 0. The van der Waals surface area contributed by atoms with E-state index in [2.05, 4.69) is 0 Å². The van der Waals surface area contributed by atoms with Crippen molar-refractivity contribution in [2.24, 2.45) is 11.8 Å². The highest BCUT2D eigenvalue weighted by molar-refractivity contribution is 6.31. The molecule has 1 aromatic carbocycles. The van der Waals surface area contributed by atoms with Crippen LogP contribution in [0, 0.1) is 11.8 Å². The maximum absolute atomic E-state index is 13.5. The minimum Gasteiger partial charge on any atom is -0.495 e. The Morgan fingerprint density at radius 3 is 2.43 bits per heavy atom. The first-order valence-electron chi connectivity index (χ1n) is 9.12. The quantitative estimate of drug-likeness (QED) is 0.297. The van der Waals surface area contributed by atoms with Gasteiger partial charge in [-0.25, -0.2) is 4.90 Å². The number of carbonyl (C=O) groups is 4. The third-order valence-corrected chi connectivity index (χ3v) is 5.61. The third kappa shape index (κ3) is 2.88. The van der Waals surface area contributed by atoms with Crippen molar-refractivity contribution in [2.45, 2.75) is 31.8 Å². The summed E-state index contributed by atoms with van der Waals surface area (Å²) in [6.45, 7) is 2.28. The first kappa shape index (κ1) is 20.4. The van der Waals surface area contributed by atoms with E-state index in [1.54, 1.807) is 18.2 Å². The van der Waals surface area contributed by atoms with Crippen molar-refractivity contribution < 1.29 is 38.1 Å². The van der Waals surface area contributed by atoms with E-state index in [0.29, 0.717) is 5.02 Å². The van der Waals surface area contributed by atoms with Crippen LogP contribution in [-0.2, 0) is 33.4 Å². The van der Waals surface area contributed by atoms with Crippen molar-refractivity contribution in [1.82, 2.24) is 0 Å². The predicted octanol–water partition coefficient (Wildman–Crippen LogP) is 1.61. The Morgan fingerprint density at radius 1 is 1.17 bits per heavy atom. The summed E-state index contributed by atoms with van der Waals surface area (Å²) in [5.41, 5.74) is -1.42. The van der Waals surface area contributed by atoms with Crippen LogP contribution in [0.3, 0.4) is 0 Å². The minimum atomic E-state index is -1.61. The number of esters is 2. The molecule has 0 unspecified atom stereocenters. The fourth-order valence-electron chi connectivity index (χ4n) is 4.29. The van der Waals surface area contributed by atoms with E-state index in [1.807, 2.05) is 0 Å². The molecule has 10 heteroatoms. The van der Waals surface area contributed by atoms with Gasteiger partial charge in [-0.05, 0) is 24.3 Å². The summed E-state index contributed by atoms with van der Waals surface area (Å²) in [7, 11) is 1.41. The van der Waals surface area contributed by atoms with Crippen LogP contribution in [0.5, 0.6) is 5.75 Å². The predicted molar refractivity (Wildman–Crippen MR) is 102 cm³/mol. The van der Waals surface area contributed by atoms with Gasteiger partial charge in [0.05, 0.1) is 30.7 Å². The first-order valence-corrected chi connectivity index (χ1v) is 9.50. The smallest absolute Gasteiger partial charge is 0.305 e. The van der Waals surface area contributed by atoms with Crippen LogP contribution in [0.2, 0.25) is 5.02 Å². The largest absolute Gasteiger partial charge is 0.495 e. The lowest BCUT2D eigenvalue weighted by atomic mass is 9.76. The Labute approximate surface area is 176 Å². The molecule has 158 valence electrons. The number of benzene rings is 1. The highest BCUT2D eigenvalue weighted by Gasteiger charge is 2.72. The molecule has 0 aromatic heterocycles. The molecule has 0 N–H and O–H groups in total. The Morgan fingerprint density at radius 2 is 1.83 bits per heavy atom. The van der Waals surface area contributed by atoms with E-state index in [4.69, 9.17) is 30.5 Å². The van der Waals surface area contributed by atoms with E-state index in [9.17, 15) is 19.2 Å². The standard InChI is InChI=1S/C20H18ClNO8/c1-9(23)28-19(29-10(2)24)20-7-6-14(30-20)15-16(20)18(26)22(17(15)25)12-8-11(21)4-5-13(12)27-3/h4-8,14-16,19H,1-3H3/t14-,15+,16+,20-/m1/s1. The number of carbonyl (C=O) groups excluding carboxylic acids is 4. The van der Waals surface area contributed by atoms with Gasteiger partial charge in [-0.3, -0.25) is 19.2 Å². The van der Waals surface area contributed by atoms with Gasteiger partial charge in [0.2, 0.25) is 11.8 Å². The van der Waals surface area contributed by atoms with Crippen LogP contribution in [0.15, 0.2) is 30.4 Å². The Kier molecular flexibility index (Phi) is 4.82. The van der Waals surface area contributed by atoms with E-state index < -0.39 is 53.6 Å². The van der Waals surface area contributed by atoms with Gasteiger partial charge in [0, 0.05) is 18.9 Å². The number of ether oxygens (including phenoxy) is 4. The number of halogens is 1. The highest BCUT2D eigenvalue weighted by atomic mass is 35.5. The first-order chi connectivity index (χ1) is 14.2. The van der Waals surface area contributed by atoms with E-state index in [-0.39, 0.29) is 11.4 Å². The van der Waals surface area contributed by atoms with Gasteiger partial charge in [-0.15, -0.1) is 0 Å². The molecule has 2 bridgehead atoms. The van der Waals surface area contributed by atoms with Crippen LogP contribution in [0.4, 0.5) is 5.69 Å².